The van der Waals surface area contributed by atoms with E-state index in [1.165, 1.54) is 0 Å². The van der Waals surface area contributed by atoms with Gasteiger partial charge in [0.05, 0.1) is 12.2 Å². The fourth-order valence-corrected chi connectivity index (χ4v) is 2.01. The van der Waals surface area contributed by atoms with Crippen molar-refractivity contribution in [1.29, 1.82) is 0 Å². The van der Waals surface area contributed by atoms with E-state index >= 15 is 0 Å². The number of hydrogen-bond donors (Lipinski definition) is 3. The van der Waals surface area contributed by atoms with E-state index in [9.17, 15) is 9.90 Å². The number of phenolic OH excluding ortho intramolecular Hbond substituents is 1. The van der Waals surface area contributed by atoms with Gasteiger partial charge in [0.25, 0.3) is 0 Å². The van der Waals surface area contributed by atoms with Gasteiger partial charge >= 0.3 is 0 Å². The van der Waals surface area contributed by atoms with Crippen LogP contribution in [0.1, 0.15) is 16.8 Å². The molecule has 0 aliphatic heterocycles. The van der Waals surface area contributed by atoms with E-state index in [4.69, 9.17) is 5.73 Å². The van der Waals surface area contributed by atoms with Gasteiger partial charge in [-0.3, -0.25) is 9.48 Å². The number of carbonyl (C=O) groups excluding carboxylic acids is 1. The summed E-state index contributed by atoms with van der Waals surface area (Å²) < 4.78 is 1.76. The van der Waals surface area contributed by atoms with E-state index in [1.54, 1.807) is 35.1 Å². The Kier molecular flexibility index (Phi) is 4.59. The lowest BCUT2D eigenvalue weighted by Gasteiger charge is -2.12. The van der Waals surface area contributed by atoms with E-state index < -0.39 is 6.04 Å². The second-order valence-corrected chi connectivity index (χ2v) is 5.07. The fourth-order valence-electron chi connectivity index (χ4n) is 2.01. The lowest BCUT2D eigenvalue weighted by Crippen LogP contribution is -2.41. The number of phenols is 1. The van der Waals surface area contributed by atoms with E-state index in [-0.39, 0.29) is 11.7 Å². The van der Waals surface area contributed by atoms with Crippen molar-refractivity contribution in [1.82, 2.24) is 15.1 Å². The average Bonchev–Trinajstić information content (AvgIpc) is 2.78. The molecule has 1 aromatic heterocycles. The Labute approximate surface area is 123 Å². The molecular formula is C15H20N4O2. The zero-order valence-electron chi connectivity index (χ0n) is 12.2. The summed E-state index contributed by atoms with van der Waals surface area (Å²) in [6, 6.07) is 6.06. The van der Waals surface area contributed by atoms with Gasteiger partial charge in [0.2, 0.25) is 5.91 Å². The first-order chi connectivity index (χ1) is 9.97. The molecule has 1 unspecified atom stereocenters. The summed E-state index contributed by atoms with van der Waals surface area (Å²) in [4.78, 5) is 12.0. The molecule has 0 saturated heterocycles. The van der Waals surface area contributed by atoms with Gasteiger partial charge < -0.3 is 16.2 Å². The third kappa shape index (κ3) is 3.82. The SMILES string of the molecule is Cc1c(CNC(=O)C(N)Cc2ccc(O)cc2)cnn1C. The Morgan fingerprint density at radius 3 is 2.67 bits per heavy atom. The van der Waals surface area contributed by atoms with Crippen LogP contribution in [-0.2, 0) is 24.8 Å². The molecule has 0 saturated carbocycles. The van der Waals surface area contributed by atoms with Gasteiger partial charge in [0, 0.05) is 24.8 Å². The minimum Gasteiger partial charge on any atom is -0.508 e. The Morgan fingerprint density at radius 1 is 1.43 bits per heavy atom. The highest BCUT2D eigenvalue weighted by molar-refractivity contribution is 5.81. The molecule has 1 aromatic carbocycles. The molecule has 2 aromatic rings. The van der Waals surface area contributed by atoms with Crippen molar-refractivity contribution in [3.05, 3.63) is 47.3 Å². The lowest BCUT2D eigenvalue weighted by molar-refractivity contribution is -0.122. The highest BCUT2D eigenvalue weighted by atomic mass is 16.3. The summed E-state index contributed by atoms with van der Waals surface area (Å²) in [5.41, 5.74) is 8.80. The highest BCUT2D eigenvalue weighted by Gasteiger charge is 2.14. The van der Waals surface area contributed by atoms with E-state index in [1.807, 2.05) is 14.0 Å². The number of nitrogens with zero attached hydrogens (tertiary/aromatic N) is 2. The van der Waals surface area contributed by atoms with Gasteiger partial charge in [-0.1, -0.05) is 12.1 Å². The molecular weight excluding hydrogens is 268 g/mol. The maximum atomic E-state index is 12.0. The van der Waals surface area contributed by atoms with Gasteiger partial charge in [0.1, 0.15) is 5.75 Å². The van der Waals surface area contributed by atoms with Crippen molar-refractivity contribution < 1.29 is 9.90 Å². The predicted molar refractivity (Wildman–Crippen MR) is 79.6 cm³/mol. The first-order valence-electron chi connectivity index (χ1n) is 6.76. The zero-order valence-corrected chi connectivity index (χ0v) is 12.2. The third-order valence-electron chi connectivity index (χ3n) is 3.52. The molecule has 21 heavy (non-hydrogen) atoms. The molecule has 0 radical (unpaired) electrons. The zero-order chi connectivity index (χ0) is 15.4. The van der Waals surface area contributed by atoms with Crippen LogP contribution >= 0.6 is 0 Å². The van der Waals surface area contributed by atoms with E-state index in [0.717, 1.165) is 16.8 Å². The summed E-state index contributed by atoms with van der Waals surface area (Å²) in [6.07, 6.45) is 2.17. The predicted octanol–water partition coefficient (Wildman–Crippen LogP) is 0.620. The van der Waals surface area contributed by atoms with Crippen LogP contribution in [0.2, 0.25) is 0 Å². The first-order valence-corrected chi connectivity index (χ1v) is 6.76. The van der Waals surface area contributed by atoms with E-state index in [0.29, 0.717) is 13.0 Å². The average molecular weight is 288 g/mol. The fraction of sp³-hybridized carbons (Fsp3) is 0.333. The second kappa shape index (κ2) is 6.41. The highest BCUT2D eigenvalue weighted by Crippen LogP contribution is 2.11. The summed E-state index contributed by atoms with van der Waals surface area (Å²) in [7, 11) is 1.86. The standard InChI is InChI=1S/C15H20N4O2/c1-10-12(9-18-19(10)2)8-17-15(21)14(16)7-11-3-5-13(20)6-4-11/h3-6,9,14,20H,7-8,16H2,1-2H3,(H,17,21). The normalized spacial score (nSPS) is 12.1. The van der Waals surface area contributed by atoms with Crippen LogP contribution in [0.5, 0.6) is 5.75 Å². The minimum atomic E-state index is -0.619. The monoisotopic (exact) mass is 288 g/mol. The summed E-state index contributed by atoms with van der Waals surface area (Å²) >= 11 is 0. The first kappa shape index (κ1) is 15.1. The van der Waals surface area contributed by atoms with Gasteiger partial charge in [-0.15, -0.1) is 0 Å². The van der Waals surface area contributed by atoms with Gasteiger partial charge in [0.15, 0.2) is 0 Å². The van der Waals surface area contributed by atoms with Crippen molar-refractivity contribution in [2.45, 2.75) is 25.9 Å². The number of benzene rings is 1. The van der Waals surface area contributed by atoms with Crippen LogP contribution in [0, 0.1) is 6.92 Å². The molecule has 0 fully saturated rings. The minimum absolute atomic E-state index is 0.198. The summed E-state index contributed by atoms with van der Waals surface area (Å²) in [6.45, 7) is 2.37. The maximum Gasteiger partial charge on any atom is 0.237 e. The number of nitrogens with two attached hydrogens (primary N) is 1. The molecule has 0 aliphatic carbocycles. The number of aryl methyl sites for hydroxylation is 1. The molecule has 2 rings (SSSR count). The van der Waals surface area contributed by atoms with E-state index in [2.05, 4.69) is 10.4 Å². The van der Waals surface area contributed by atoms with Crippen molar-refractivity contribution in [2.75, 3.05) is 0 Å². The molecule has 4 N–H and O–H groups in total. The van der Waals surface area contributed by atoms with Gasteiger partial charge in [-0.25, -0.2) is 0 Å². The number of hydrogen-bond acceptors (Lipinski definition) is 4. The lowest BCUT2D eigenvalue weighted by atomic mass is 10.1. The van der Waals surface area contributed by atoms with Gasteiger partial charge in [-0.05, 0) is 31.0 Å². The Bertz CT molecular complexity index is 619. The number of aromatic nitrogens is 2. The topological polar surface area (TPSA) is 93.2 Å². The maximum absolute atomic E-state index is 12.0. The number of carbonyl (C=O) groups is 1. The summed E-state index contributed by atoms with van der Waals surface area (Å²) in [5, 5.41) is 16.2. The molecule has 1 amide bonds. The molecule has 1 atom stereocenters. The number of amides is 1. The molecule has 1 heterocycles. The van der Waals surface area contributed by atoms with Gasteiger partial charge in [-0.2, -0.15) is 5.10 Å². The molecule has 0 aliphatic rings. The molecule has 6 nitrogen and oxygen atoms in total. The smallest absolute Gasteiger partial charge is 0.237 e. The molecule has 0 spiro atoms. The van der Waals surface area contributed by atoms with Crippen LogP contribution in [0.3, 0.4) is 0 Å². The van der Waals surface area contributed by atoms with Crippen LogP contribution in [0.4, 0.5) is 0 Å². The third-order valence-corrected chi connectivity index (χ3v) is 3.52. The largest absolute Gasteiger partial charge is 0.508 e. The van der Waals surface area contributed by atoms with Crippen LogP contribution in [-0.4, -0.2) is 26.8 Å². The Hall–Kier alpha value is -2.34. The van der Waals surface area contributed by atoms with Crippen molar-refractivity contribution >= 4 is 5.91 Å². The number of rotatable bonds is 5. The molecule has 6 heteroatoms. The second-order valence-electron chi connectivity index (χ2n) is 5.07. The van der Waals surface area contributed by atoms with Crippen molar-refractivity contribution in [2.24, 2.45) is 12.8 Å². The van der Waals surface area contributed by atoms with Crippen LogP contribution < -0.4 is 11.1 Å². The van der Waals surface area contributed by atoms with Crippen molar-refractivity contribution in [3.63, 3.8) is 0 Å². The van der Waals surface area contributed by atoms with Crippen LogP contribution in [0.25, 0.3) is 0 Å². The molecule has 112 valence electrons. The quantitative estimate of drug-likeness (QED) is 0.752. The summed E-state index contributed by atoms with van der Waals surface area (Å²) in [5.74, 6) is -0.00449. The van der Waals surface area contributed by atoms with Crippen molar-refractivity contribution in [3.8, 4) is 5.75 Å². The molecule has 0 bridgehead atoms. The number of aromatic hydroxyl groups is 1. The Morgan fingerprint density at radius 2 is 2.10 bits per heavy atom. The number of nitrogens with one attached hydrogen (secondary N) is 1. The van der Waals surface area contributed by atoms with Crippen LogP contribution in [0.15, 0.2) is 30.5 Å². The Balaban J connectivity index is 1.88.